The van der Waals surface area contributed by atoms with Crippen LogP contribution < -0.4 is 0 Å². The van der Waals surface area contributed by atoms with Gasteiger partial charge in [-0.05, 0) is 25.3 Å². The first-order valence-electron chi connectivity index (χ1n) is 6.16. The van der Waals surface area contributed by atoms with E-state index in [1.165, 1.54) is 5.56 Å². The third-order valence-corrected chi connectivity index (χ3v) is 3.35. The molecule has 92 valence electrons. The van der Waals surface area contributed by atoms with Gasteiger partial charge in [-0.25, -0.2) is 0 Å². The van der Waals surface area contributed by atoms with Crippen molar-refractivity contribution in [3.8, 4) is 0 Å². The maximum atomic E-state index is 12.1. The molecule has 3 heteroatoms. The average molecular weight is 233 g/mol. The Kier molecular flexibility index (Phi) is 3.79. The van der Waals surface area contributed by atoms with Crippen LogP contribution in [0, 0.1) is 6.92 Å². The number of aryl methyl sites for hydroxylation is 1. The van der Waals surface area contributed by atoms with E-state index >= 15 is 0 Å². The second kappa shape index (κ2) is 5.32. The van der Waals surface area contributed by atoms with Gasteiger partial charge in [0.15, 0.2) is 0 Å². The maximum absolute atomic E-state index is 12.1. The molecule has 0 saturated carbocycles. The van der Waals surface area contributed by atoms with Crippen molar-refractivity contribution in [2.45, 2.75) is 32.2 Å². The Morgan fingerprint density at radius 2 is 2.35 bits per heavy atom. The van der Waals surface area contributed by atoms with Gasteiger partial charge in [0.2, 0.25) is 5.91 Å². The SMILES string of the molecule is Cc1cccc(CC(=O)N2CCC[C@H]2CO)c1. The molecule has 1 heterocycles. The zero-order chi connectivity index (χ0) is 12.3. The Bertz CT molecular complexity index is 403. The molecule has 0 bridgehead atoms. The summed E-state index contributed by atoms with van der Waals surface area (Å²) in [6.45, 7) is 2.90. The van der Waals surface area contributed by atoms with E-state index in [0.29, 0.717) is 6.42 Å². The van der Waals surface area contributed by atoms with Gasteiger partial charge in [-0.15, -0.1) is 0 Å². The van der Waals surface area contributed by atoms with Crippen LogP contribution in [0.3, 0.4) is 0 Å². The van der Waals surface area contributed by atoms with E-state index in [2.05, 4.69) is 0 Å². The Labute approximate surface area is 102 Å². The molecule has 1 amide bonds. The molecule has 0 aromatic heterocycles. The second-order valence-electron chi connectivity index (χ2n) is 4.73. The normalized spacial score (nSPS) is 19.6. The largest absolute Gasteiger partial charge is 0.394 e. The first-order chi connectivity index (χ1) is 8.20. The van der Waals surface area contributed by atoms with Crippen LogP contribution in [-0.4, -0.2) is 35.1 Å². The van der Waals surface area contributed by atoms with Crippen LogP contribution in [0.4, 0.5) is 0 Å². The lowest BCUT2D eigenvalue weighted by molar-refractivity contribution is -0.131. The smallest absolute Gasteiger partial charge is 0.227 e. The molecule has 0 spiro atoms. The van der Waals surface area contributed by atoms with Crippen LogP contribution in [0.2, 0.25) is 0 Å². The molecule has 0 aliphatic carbocycles. The summed E-state index contributed by atoms with van der Waals surface area (Å²) < 4.78 is 0. The number of aliphatic hydroxyl groups excluding tert-OH is 1. The van der Waals surface area contributed by atoms with E-state index in [4.69, 9.17) is 0 Å². The molecule has 1 atom stereocenters. The lowest BCUT2D eigenvalue weighted by atomic mass is 10.1. The van der Waals surface area contributed by atoms with Crippen molar-refractivity contribution in [3.63, 3.8) is 0 Å². The molecule has 1 aliphatic rings. The summed E-state index contributed by atoms with van der Waals surface area (Å²) in [7, 11) is 0. The molecule has 2 rings (SSSR count). The molecule has 17 heavy (non-hydrogen) atoms. The van der Waals surface area contributed by atoms with Crippen molar-refractivity contribution >= 4 is 5.91 Å². The third kappa shape index (κ3) is 2.86. The molecule has 1 fully saturated rings. The fourth-order valence-corrected chi connectivity index (χ4v) is 2.45. The Morgan fingerprint density at radius 3 is 3.06 bits per heavy atom. The van der Waals surface area contributed by atoms with Gasteiger partial charge in [-0.3, -0.25) is 4.79 Å². The van der Waals surface area contributed by atoms with Gasteiger partial charge in [0.05, 0.1) is 19.1 Å². The van der Waals surface area contributed by atoms with Crippen LogP contribution in [-0.2, 0) is 11.2 Å². The number of hydrogen-bond donors (Lipinski definition) is 1. The molecule has 1 aromatic rings. The van der Waals surface area contributed by atoms with Gasteiger partial charge < -0.3 is 10.0 Å². The highest BCUT2D eigenvalue weighted by molar-refractivity contribution is 5.79. The minimum Gasteiger partial charge on any atom is -0.394 e. The number of aliphatic hydroxyl groups is 1. The monoisotopic (exact) mass is 233 g/mol. The Hall–Kier alpha value is -1.35. The zero-order valence-electron chi connectivity index (χ0n) is 10.2. The van der Waals surface area contributed by atoms with Crippen molar-refractivity contribution in [3.05, 3.63) is 35.4 Å². The minimum atomic E-state index is 0.0345. The lowest BCUT2D eigenvalue weighted by Crippen LogP contribution is -2.38. The van der Waals surface area contributed by atoms with Gasteiger partial charge in [0.25, 0.3) is 0 Å². The first-order valence-corrected chi connectivity index (χ1v) is 6.16. The fourth-order valence-electron chi connectivity index (χ4n) is 2.45. The van der Waals surface area contributed by atoms with Crippen LogP contribution in [0.1, 0.15) is 24.0 Å². The first kappa shape index (κ1) is 12.1. The third-order valence-electron chi connectivity index (χ3n) is 3.35. The summed E-state index contributed by atoms with van der Waals surface area (Å²) in [6, 6.07) is 8.06. The minimum absolute atomic E-state index is 0.0345. The predicted octanol–water partition coefficient (Wildman–Crippen LogP) is 1.52. The van der Waals surface area contributed by atoms with Crippen molar-refractivity contribution in [2.75, 3.05) is 13.2 Å². The number of nitrogens with zero attached hydrogens (tertiary/aromatic N) is 1. The number of hydrogen-bond acceptors (Lipinski definition) is 2. The highest BCUT2D eigenvalue weighted by Crippen LogP contribution is 2.18. The van der Waals surface area contributed by atoms with Gasteiger partial charge >= 0.3 is 0 Å². The highest BCUT2D eigenvalue weighted by Gasteiger charge is 2.27. The fraction of sp³-hybridized carbons (Fsp3) is 0.500. The Balaban J connectivity index is 2.01. The van der Waals surface area contributed by atoms with E-state index in [0.717, 1.165) is 24.9 Å². The van der Waals surface area contributed by atoms with Crippen LogP contribution in [0.5, 0.6) is 0 Å². The van der Waals surface area contributed by atoms with E-state index < -0.39 is 0 Å². The molecular weight excluding hydrogens is 214 g/mol. The molecule has 1 saturated heterocycles. The van der Waals surface area contributed by atoms with Crippen molar-refractivity contribution in [1.82, 2.24) is 4.90 Å². The van der Waals surface area contributed by atoms with Crippen molar-refractivity contribution < 1.29 is 9.90 Å². The molecule has 0 unspecified atom stereocenters. The summed E-state index contributed by atoms with van der Waals surface area (Å²) in [5.74, 6) is 0.132. The number of carbonyl (C=O) groups excluding carboxylic acids is 1. The summed E-state index contributed by atoms with van der Waals surface area (Å²) in [4.78, 5) is 13.9. The van der Waals surface area contributed by atoms with E-state index in [1.807, 2.05) is 36.1 Å². The summed E-state index contributed by atoms with van der Waals surface area (Å²) in [5.41, 5.74) is 2.23. The van der Waals surface area contributed by atoms with Crippen LogP contribution >= 0.6 is 0 Å². The summed E-state index contributed by atoms with van der Waals surface area (Å²) >= 11 is 0. The molecule has 1 aromatic carbocycles. The number of carbonyl (C=O) groups is 1. The van der Waals surface area contributed by atoms with Gasteiger partial charge in [0, 0.05) is 6.54 Å². The predicted molar refractivity (Wildman–Crippen MR) is 66.7 cm³/mol. The van der Waals surface area contributed by atoms with Gasteiger partial charge in [0.1, 0.15) is 0 Å². The molecular formula is C14H19NO2. The highest BCUT2D eigenvalue weighted by atomic mass is 16.3. The van der Waals surface area contributed by atoms with E-state index in [9.17, 15) is 9.90 Å². The molecule has 3 nitrogen and oxygen atoms in total. The zero-order valence-corrected chi connectivity index (χ0v) is 10.2. The number of benzene rings is 1. The number of amides is 1. The van der Waals surface area contributed by atoms with Crippen molar-refractivity contribution in [2.24, 2.45) is 0 Å². The topological polar surface area (TPSA) is 40.5 Å². The van der Waals surface area contributed by atoms with Crippen molar-refractivity contribution in [1.29, 1.82) is 0 Å². The van der Waals surface area contributed by atoms with E-state index in [-0.39, 0.29) is 18.6 Å². The lowest BCUT2D eigenvalue weighted by Gasteiger charge is -2.23. The summed E-state index contributed by atoms with van der Waals surface area (Å²) in [5, 5.41) is 9.20. The number of likely N-dealkylation sites (tertiary alicyclic amines) is 1. The van der Waals surface area contributed by atoms with Gasteiger partial charge in [-0.2, -0.15) is 0 Å². The molecule has 1 N–H and O–H groups in total. The molecule has 0 radical (unpaired) electrons. The van der Waals surface area contributed by atoms with E-state index in [1.54, 1.807) is 0 Å². The standard InChI is InChI=1S/C14H19NO2/c1-11-4-2-5-12(8-11)9-14(17)15-7-3-6-13(15)10-16/h2,4-5,8,13,16H,3,6-7,9-10H2,1H3/t13-/m0/s1. The number of rotatable bonds is 3. The Morgan fingerprint density at radius 1 is 1.53 bits per heavy atom. The summed E-state index contributed by atoms with van der Waals surface area (Å²) in [6.07, 6.45) is 2.37. The van der Waals surface area contributed by atoms with Crippen LogP contribution in [0.25, 0.3) is 0 Å². The molecule has 1 aliphatic heterocycles. The second-order valence-corrected chi connectivity index (χ2v) is 4.73. The quantitative estimate of drug-likeness (QED) is 0.860. The van der Waals surface area contributed by atoms with Crippen LogP contribution in [0.15, 0.2) is 24.3 Å². The van der Waals surface area contributed by atoms with Gasteiger partial charge in [-0.1, -0.05) is 29.8 Å². The average Bonchev–Trinajstić information content (AvgIpc) is 2.77. The maximum Gasteiger partial charge on any atom is 0.227 e.